The summed E-state index contributed by atoms with van der Waals surface area (Å²) < 4.78 is 5.68. The van der Waals surface area contributed by atoms with Gasteiger partial charge in [-0.15, -0.1) is 35.3 Å². The van der Waals surface area contributed by atoms with E-state index in [2.05, 4.69) is 40.4 Å². The Hall–Kier alpha value is -1.13. The van der Waals surface area contributed by atoms with Crippen LogP contribution in [-0.4, -0.2) is 48.6 Å². The molecule has 2 N–H and O–H groups in total. The van der Waals surface area contributed by atoms with Gasteiger partial charge in [-0.05, 0) is 51.9 Å². The predicted octanol–water partition coefficient (Wildman–Crippen LogP) is 3.60. The van der Waals surface area contributed by atoms with Crippen molar-refractivity contribution in [1.29, 1.82) is 0 Å². The largest absolute Gasteiger partial charge is 0.468 e. The number of likely N-dealkylation sites (tertiary alicyclic amines) is 1. The lowest BCUT2D eigenvalue weighted by Crippen LogP contribution is -2.39. The third kappa shape index (κ3) is 6.76. The maximum atomic E-state index is 5.68. The van der Waals surface area contributed by atoms with E-state index in [-0.39, 0.29) is 30.0 Å². The summed E-state index contributed by atoms with van der Waals surface area (Å²) >= 11 is 1.76. The van der Waals surface area contributed by atoms with Gasteiger partial charge in [-0.2, -0.15) is 0 Å². The second-order valence-electron chi connectivity index (χ2n) is 6.54. The molecule has 150 valence electrons. The van der Waals surface area contributed by atoms with E-state index in [1.54, 1.807) is 17.6 Å². The van der Waals surface area contributed by atoms with E-state index in [1.165, 1.54) is 17.7 Å². The van der Waals surface area contributed by atoms with Crippen LogP contribution in [0.5, 0.6) is 0 Å². The number of aliphatic imine (C=N–C) groups is 1. The van der Waals surface area contributed by atoms with Crippen LogP contribution in [0, 0.1) is 6.92 Å². The van der Waals surface area contributed by atoms with E-state index in [1.807, 2.05) is 12.3 Å². The van der Waals surface area contributed by atoms with Crippen molar-refractivity contribution in [2.45, 2.75) is 39.2 Å². The first-order valence-corrected chi connectivity index (χ1v) is 10.3. The molecule has 1 aliphatic rings. The van der Waals surface area contributed by atoms with Crippen molar-refractivity contribution in [2.75, 3.05) is 32.7 Å². The van der Waals surface area contributed by atoms with Crippen molar-refractivity contribution >= 4 is 41.3 Å². The van der Waals surface area contributed by atoms with E-state index in [0.29, 0.717) is 6.54 Å². The van der Waals surface area contributed by atoms with Crippen molar-refractivity contribution in [3.05, 3.63) is 40.2 Å². The zero-order chi connectivity index (χ0) is 18.2. The minimum Gasteiger partial charge on any atom is -0.468 e. The molecular formula is C19H30IN5OS. The van der Waals surface area contributed by atoms with Crippen molar-refractivity contribution in [2.24, 2.45) is 4.99 Å². The van der Waals surface area contributed by atoms with Gasteiger partial charge in [0, 0.05) is 30.6 Å². The Kier molecular flexibility index (Phi) is 9.57. The van der Waals surface area contributed by atoms with Crippen LogP contribution in [0.15, 0.2) is 34.0 Å². The molecule has 0 bridgehead atoms. The molecule has 1 fully saturated rings. The van der Waals surface area contributed by atoms with Gasteiger partial charge >= 0.3 is 0 Å². The SMILES string of the molecule is CCNC(=NCC(c1ccco1)N1CCCC1)NCCc1ncc(C)s1.I. The molecule has 2 aromatic heterocycles. The number of hydrogen-bond acceptors (Lipinski definition) is 5. The third-order valence-corrected chi connectivity index (χ3v) is 5.49. The molecule has 0 spiro atoms. The number of rotatable bonds is 8. The molecule has 6 nitrogen and oxygen atoms in total. The van der Waals surface area contributed by atoms with E-state index in [4.69, 9.17) is 9.41 Å². The minimum atomic E-state index is 0. The molecule has 3 heterocycles. The van der Waals surface area contributed by atoms with Crippen molar-refractivity contribution in [3.63, 3.8) is 0 Å². The smallest absolute Gasteiger partial charge is 0.191 e. The van der Waals surface area contributed by atoms with Crippen molar-refractivity contribution < 1.29 is 4.42 Å². The molecule has 1 aliphatic heterocycles. The Bertz CT molecular complexity index is 682. The summed E-state index contributed by atoms with van der Waals surface area (Å²) in [5, 5.41) is 7.93. The topological polar surface area (TPSA) is 65.7 Å². The van der Waals surface area contributed by atoms with E-state index in [0.717, 1.165) is 49.3 Å². The van der Waals surface area contributed by atoms with Gasteiger partial charge in [-0.25, -0.2) is 4.98 Å². The zero-order valence-corrected chi connectivity index (χ0v) is 19.3. The van der Waals surface area contributed by atoms with Crippen molar-refractivity contribution in [1.82, 2.24) is 20.5 Å². The first-order chi connectivity index (χ1) is 12.8. The number of aromatic nitrogens is 1. The number of aryl methyl sites for hydroxylation is 1. The quantitative estimate of drug-likeness (QED) is 0.328. The molecule has 3 rings (SSSR count). The molecule has 0 aliphatic carbocycles. The molecule has 1 atom stereocenters. The van der Waals surface area contributed by atoms with Crippen LogP contribution >= 0.6 is 35.3 Å². The maximum Gasteiger partial charge on any atom is 0.191 e. The summed E-state index contributed by atoms with van der Waals surface area (Å²) in [7, 11) is 0. The number of furan rings is 1. The fourth-order valence-corrected chi connectivity index (χ4v) is 4.03. The number of nitrogens with zero attached hydrogens (tertiary/aromatic N) is 3. The highest BCUT2D eigenvalue weighted by atomic mass is 127. The maximum absolute atomic E-state index is 5.68. The second kappa shape index (κ2) is 11.7. The average molecular weight is 503 g/mol. The predicted molar refractivity (Wildman–Crippen MR) is 122 cm³/mol. The van der Waals surface area contributed by atoms with Gasteiger partial charge in [-0.1, -0.05) is 0 Å². The summed E-state index contributed by atoms with van der Waals surface area (Å²) in [4.78, 5) is 13.0. The first kappa shape index (κ1) is 22.2. The van der Waals surface area contributed by atoms with Crippen LogP contribution in [-0.2, 0) is 6.42 Å². The second-order valence-corrected chi connectivity index (χ2v) is 7.85. The first-order valence-electron chi connectivity index (χ1n) is 9.47. The summed E-state index contributed by atoms with van der Waals surface area (Å²) in [6, 6.07) is 4.23. The van der Waals surface area contributed by atoms with Crippen LogP contribution in [0.1, 0.15) is 41.5 Å². The lowest BCUT2D eigenvalue weighted by Gasteiger charge is -2.24. The molecule has 1 unspecified atom stereocenters. The van der Waals surface area contributed by atoms with Crippen molar-refractivity contribution in [3.8, 4) is 0 Å². The standard InChI is InChI=1S/C19H29N5OS.HI/c1-3-20-19(21-9-8-18-22-13-15(2)26-18)23-14-16(17-7-6-12-25-17)24-10-4-5-11-24;/h6-7,12-13,16H,3-5,8-11,14H2,1-2H3,(H2,20,21,23);1H. The van der Waals surface area contributed by atoms with Crippen LogP contribution < -0.4 is 10.6 Å². The molecule has 0 radical (unpaired) electrons. The number of thiazole rings is 1. The molecule has 0 saturated carbocycles. The van der Waals surface area contributed by atoms with E-state index in [9.17, 15) is 0 Å². The Morgan fingerprint density at radius 3 is 2.81 bits per heavy atom. The highest BCUT2D eigenvalue weighted by Crippen LogP contribution is 2.25. The molecule has 0 aromatic carbocycles. The van der Waals surface area contributed by atoms with Crippen LogP contribution in [0.4, 0.5) is 0 Å². The molecule has 27 heavy (non-hydrogen) atoms. The van der Waals surface area contributed by atoms with Crippen LogP contribution in [0.25, 0.3) is 0 Å². The fraction of sp³-hybridized carbons (Fsp3) is 0.579. The molecule has 2 aromatic rings. The van der Waals surface area contributed by atoms with Gasteiger partial charge < -0.3 is 15.1 Å². The third-order valence-electron chi connectivity index (χ3n) is 4.52. The Morgan fingerprint density at radius 2 is 2.19 bits per heavy atom. The highest BCUT2D eigenvalue weighted by molar-refractivity contribution is 14.0. The van der Waals surface area contributed by atoms with E-state index >= 15 is 0 Å². The van der Waals surface area contributed by atoms with Crippen LogP contribution in [0.3, 0.4) is 0 Å². The summed E-state index contributed by atoms with van der Waals surface area (Å²) in [6.45, 7) is 8.78. The minimum absolute atomic E-state index is 0. The summed E-state index contributed by atoms with van der Waals surface area (Å²) in [5.74, 6) is 1.86. The zero-order valence-electron chi connectivity index (χ0n) is 16.1. The van der Waals surface area contributed by atoms with Crippen LogP contribution in [0.2, 0.25) is 0 Å². The van der Waals surface area contributed by atoms with Gasteiger partial charge in [0.05, 0.1) is 23.9 Å². The van der Waals surface area contributed by atoms with Gasteiger partial charge in [0.2, 0.25) is 0 Å². The average Bonchev–Trinajstić information content (AvgIpc) is 3.38. The molecule has 0 amide bonds. The van der Waals surface area contributed by atoms with Gasteiger partial charge in [0.15, 0.2) is 5.96 Å². The number of halogens is 1. The summed E-state index contributed by atoms with van der Waals surface area (Å²) in [5.41, 5.74) is 0. The van der Waals surface area contributed by atoms with E-state index < -0.39 is 0 Å². The number of hydrogen-bond donors (Lipinski definition) is 2. The van der Waals surface area contributed by atoms with Gasteiger partial charge in [-0.3, -0.25) is 9.89 Å². The summed E-state index contributed by atoms with van der Waals surface area (Å²) in [6.07, 6.45) is 7.11. The normalized spacial score (nSPS) is 16.1. The van der Waals surface area contributed by atoms with Gasteiger partial charge in [0.1, 0.15) is 5.76 Å². The Labute approximate surface area is 182 Å². The number of nitrogens with one attached hydrogen (secondary N) is 2. The van der Waals surface area contributed by atoms with Gasteiger partial charge in [0.25, 0.3) is 0 Å². The lowest BCUT2D eigenvalue weighted by molar-refractivity contribution is 0.221. The highest BCUT2D eigenvalue weighted by Gasteiger charge is 2.25. The monoisotopic (exact) mass is 503 g/mol. The fourth-order valence-electron chi connectivity index (χ4n) is 3.24. The molecular weight excluding hydrogens is 473 g/mol. The lowest BCUT2D eigenvalue weighted by atomic mass is 10.2. The molecule has 8 heteroatoms. The Balaban J connectivity index is 0.00000261. The Morgan fingerprint density at radius 1 is 1.37 bits per heavy atom. The molecule has 1 saturated heterocycles. The number of guanidine groups is 1.